The molecule has 0 saturated heterocycles. The minimum atomic E-state index is -0.330. The average Bonchev–Trinajstić information content (AvgIpc) is 2.66. The van der Waals surface area contributed by atoms with Crippen molar-refractivity contribution in [1.29, 1.82) is 0 Å². The van der Waals surface area contributed by atoms with Gasteiger partial charge in [-0.15, -0.1) is 0 Å². The lowest BCUT2D eigenvalue weighted by Crippen LogP contribution is -2.27. The number of carbonyl (C=O) groups excluding carboxylic acids is 2. The Hall–Kier alpha value is -2.27. The van der Waals surface area contributed by atoms with Crippen molar-refractivity contribution < 1.29 is 14.3 Å². The maximum atomic E-state index is 12.9. The van der Waals surface area contributed by atoms with E-state index in [1.54, 1.807) is 0 Å². The smallest absolute Gasteiger partial charge is 0.367 e. The molecule has 0 heterocycles. The zero-order valence-corrected chi connectivity index (χ0v) is 16.9. The zero-order chi connectivity index (χ0) is 19.6. The van der Waals surface area contributed by atoms with E-state index < -0.39 is 0 Å². The van der Waals surface area contributed by atoms with Crippen LogP contribution in [0, 0.1) is 18.8 Å². The Morgan fingerprint density at radius 1 is 1.04 bits per heavy atom. The van der Waals surface area contributed by atoms with Crippen molar-refractivity contribution in [1.82, 2.24) is 0 Å². The largest absolute Gasteiger partial charge is 0.457 e. The molecule has 27 heavy (non-hydrogen) atoms. The van der Waals surface area contributed by atoms with Crippen LogP contribution in [0.5, 0.6) is 0 Å². The van der Waals surface area contributed by atoms with Gasteiger partial charge in [-0.25, -0.2) is 4.79 Å². The molecule has 5 heteroatoms. The zero-order valence-electron chi connectivity index (χ0n) is 16.1. The lowest BCUT2D eigenvalue weighted by atomic mass is 10.00. The minimum Gasteiger partial charge on any atom is -0.457 e. The number of hydrogen-bond acceptors (Lipinski definition) is 4. The number of anilines is 1. The Balaban J connectivity index is 2.03. The van der Waals surface area contributed by atoms with Gasteiger partial charge in [0.15, 0.2) is 0 Å². The van der Waals surface area contributed by atoms with Crippen molar-refractivity contribution in [2.24, 2.45) is 11.8 Å². The van der Waals surface area contributed by atoms with E-state index in [9.17, 15) is 9.59 Å². The van der Waals surface area contributed by atoms with E-state index in [1.165, 1.54) is 0 Å². The third kappa shape index (κ3) is 7.47. The highest BCUT2D eigenvalue weighted by molar-refractivity contribution is 8.13. The first-order chi connectivity index (χ1) is 13.0. The van der Waals surface area contributed by atoms with Crippen LogP contribution >= 0.6 is 11.8 Å². The van der Waals surface area contributed by atoms with Gasteiger partial charge in [0.1, 0.15) is 0 Å². The van der Waals surface area contributed by atoms with Crippen molar-refractivity contribution in [2.45, 2.75) is 27.2 Å². The number of benzene rings is 2. The molecule has 0 bridgehead atoms. The standard InChI is InChI=1S/C22H27NO3S/c1-16(2)14-26-22(25)27-15-19(13-18-10-5-4-6-11-18)21(24)23-20-12-8-7-9-17(20)3/h4-12,16,19H,13-15H2,1-3H3,(H,23,24). The van der Waals surface area contributed by atoms with Crippen molar-refractivity contribution >= 4 is 28.7 Å². The monoisotopic (exact) mass is 385 g/mol. The average molecular weight is 386 g/mol. The van der Waals surface area contributed by atoms with Gasteiger partial charge in [0.05, 0.1) is 12.5 Å². The molecule has 0 spiro atoms. The molecule has 0 radical (unpaired) electrons. The SMILES string of the molecule is Cc1ccccc1NC(=O)C(CSC(=O)OCC(C)C)Cc1ccccc1. The molecule has 0 saturated carbocycles. The first-order valence-corrected chi connectivity index (χ1v) is 10.1. The summed E-state index contributed by atoms with van der Waals surface area (Å²) < 4.78 is 5.21. The quantitative estimate of drug-likeness (QED) is 0.625. The summed E-state index contributed by atoms with van der Waals surface area (Å²) in [6, 6.07) is 17.5. The second-order valence-corrected chi connectivity index (χ2v) is 7.91. The van der Waals surface area contributed by atoms with Gasteiger partial charge >= 0.3 is 5.30 Å². The Bertz CT molecular complexity index is 746. The van der Waals surface area contributed by atoms with Crippen LogP contribution in [0.15, 0.2) is 54.6 Å². The molecular formula is C22H27NO3S. The van der Waals surface area contributed by atoms with E-state index in [2.05, 4.69) is 5.32 Å². The predicted molar refractivity (Wildman–Crippen MR) is 112 cm³/mol. The Kier molecular flexibility index (Phi) is 8.40. The normalized spacial score (nSPS) is 11.9. The van der Waals surface area contributed by atoms with Crippen LogP contribution in [0.1, 0.15) is 25.0 Å². The van der Waals surface area contributed by atoms with Crippen molar-refractivity contribution in [3.8, 4) is 0 Å². The number of ether oxygens (including phenoxy) is 1. The highest BCUT2D eigenvalue weighted by atomic mass is 32.2. The molecule has 0 fully saturated rings. The Labute approximate surface area is 165 Å². The molecule has 0 aliphatic heterocycles. The predicted octanol–water partition coefficient (Wildman–Crippen LogP) is 5.32. The van der Waals surface area contributed by atoms with E-state index >= 15 is 0 Å². The second-order valence-electron chi connectivity index (χ2n) is 6.96. The number of thioether (sulfide) groups is 1. The van der Waals surface area contributed by atoms with E-state index in [4.69, 9.17) is 4.74 Å². The van der Waals surface area contributed by atoms with Gasteiger partial charge in [0.2, 0.25) is 5.91 Å². The Morgan fingerprint density at radius 3 is 2.37 bits per heavy atom. The summed E-state index contributed by atoms with van der Waals surface area (Å²) >= 11 is 1.07. The summed E-state index contributed by atoms with van der Waals surface area (Å²) in [5.74, 6) is 0.253. The minimum absolute atomic E-state index is 0.0858. The molecule has 2 aromatic carbocycles. The first-order valence-electron chi connectivity index (χ1n) is 9.15. The second kappa shape index (κ2) is 10.8. The first kappa shape index (κ1) is 21.0. The molecule has 1 unspecified atom stereocenters. The maximum absolute atomic E-state index is 12.9. The van der Waals surface area contributed by atoms with Crippen LogP contribution < -0.4 is 5.32 Å². The van der Waals surface area contributed by atoms with Crippen LogP contribution in [-0.2, 0) is 16.0 Å². The summed E-state index contributed by atoms with van der Waals surface area (Å²) in [6.07, 6.45) is 0.572. The van der Waals surface area contributed by atoms with Crippen molar-refractivity contribution in [2.75, 3.05) is 17.7 Å². The Morgan fingerprint density at radius 2 is 1.70 bits per heavy atom. The van der Waals surface area contributed by atoms with Crippen molar-refractivity contribution in [3.63, 3.8) is 0 Å². The third-order valence-corrected chi connectivity index (χ3v) is 4.96. The fourth-order valence-corrected chi connectivity index (χ4v) is 3.28. The number of amides is 1. The number of aryl methyl sites for hydroxylation is 1. The van der Waals surface area contributed by atoms with Gasteiger partial charge in [0, 0.05) is 11.4 Å². The van der Waals surface area contributed by atoms with Crippen LogP contribution in [0.25, 0.3) is 0 Å². The van der Waals surface area contributed by atoms with Gasteiger partial charge in [-0.2, -0.15) is 0 Å². The molecule has 0 aliphatic carbocycles. The summed E-state index contributed by atoms with van der Waals surface area (Å²) in [5.41, 5.74) is 2.87. The number of nitrogens with one attached hydrogen (secondary N) is 1. The van der Waals surface area contributed by atoms with Gasteiger partial charge < -0.3 is 10.1 Å². The van der Waals surface area contributed by atoms with Crippen molar-refractivity contribution in [3.05, 3.63) is 65.7 Å². The number of para-hydroxylation sites is 1. The third-order valence-electron chi connectivity index (χ3n) is 4.04. The highest BCUT2D eigenvalue weighted by Gasteiger charge is 2.22. The van der Waals surface area contributed by atoms with Gasteiger partial charge in [-0.3, -0.25) is 4.79 Å². The lowest BCUT2D eigenvalue weighted by Gasteiger charge is -2.17. The number of rotatable bonds is 8. The summed E-state index contributed by atoms with van der Waals surface area (Å²) in [6.45, 7) is 6.34. The molecular weight excluding hydrogens is 358 g/mol. The molecule has 4 nitrogen and oxygen atoms in total. The highest BCUT2D eigenvalue weighted by Crippen LogP contribution is 2.20. The van der Waals surface area contributed by atoms with Crippen LogP contribution in [0.3, 0.4) is 0 Å². The van der Waals surface area contributed by atoms with E-state index in [0.29, 0.717) is 24.7 Å². The lowest BCUT2D eigenvalue weighted by molar-refractivity contribution is -0.119. The van der Waals surface area contributed by atoms with Crippen LogP contribution in [-0.4, -0.2) is 23.6 Å². The topological polar surface area (TPSA) is 55.4 Å². The van der Waals surface area contributed by atoms with Gasteiger partial charge in [0.25, 0.3) is 0 Å². The summed E-state index contributed by atoms with van der Waals surface area (Å²) in [4.78, 5) is 24.8. The molecule has 0 aromatic heterocycles. The summed E-state index contributed by atoms with van der Waals surface area (Å²) in [7, 11) is 0. The van der Waals surface area contributed by atoms with Gasteiger partial charge in [-0.05, 0) is 48.2 Å². The number of hydrogen-bond donors (Lipinski definition) is 1. The van der Waals surface area contributed by atoms with Crippen LogP contribution in [0.4, 0.5) is 10.5 Å². The maximum Gasteiger partial charge on any atom is 0.367 e. The molecule has 2 aromatic rings. The molecule has 144 valence electrons. The number of carbonyl (C=O) groups is 2. The fourth-order valence-electron chi connectivity index (χ4n) is 2.52. The van der Waals surface area contributed by atoms with Crippen LogP contribution in [0.2, 0.25) is 0 Å². The van der Waals surface area contributed by atoms with E-state index in [1.807, 2.05) is 75.4 Å². The molecule has 1 amide bonds. The van der Waals surface area contributed by atoms with Gasteiger partial charge in [-0.1, -0.05) is 62.4 Å². The summed E-state index contributed by atoms with van der Waals surface area (Å²) in [5, 5.41) is 2.67. The van der Waals surface area contributed by atoms with E-state index in [-0.39, 0.29) is 17.1 Å². The molecule has 2 rings (SSSR count). The molecule has 0 aliphatic rings. The molecule has 1 atom stereocenters. The van der Waals surface area contributed by atoms with E-state index in [0.717, 1.165) is 28.6 Å². The molecule has 1 N–H and O–H groups in total. The fraction of sp³-hybridized carbons (Fsp3) is 0.364.